The van der Waals surface area contributed by atoms with E-state index < -0.39 is 17.5 Å². The molecule has 2 aromatic carbocycles. The lowest BCUT2D eigenvalue weighted by Gasteiger charge is -2.02. The maximum Gasteiger partial charge on any atom is 0.295 e. The number of carbonyl (C=O) groups is 1. The number of nitrogens with zero attached hydrogens (tertiary/aromatic N) is 5. The Balaban J connectivity index is 1.45. The second-order valence-electron chi connectivity index (χ2n) is 6.63. The smallest absolute Gasteiger partial charge is 0.295 e. The van der Waals surface area contributed by atoms with Crippen molar-refractivity contribution >= 4 is 28.4 Å². The zero-order valence-corrected chi connectivity index (χ0v) is 15.5. The Morgan fingerprint density at radius 2 is 1.97 bits per heavy atom. The molecule has 0 saturated carbocycles. The number of aromatic amines is 1. The lowest BCUT2D eigenvalue weighted by molar-refractivity contribution is 0.101. The zero-order chi connectivity index (χ0) is 20.8. The highest BCUT2D eigenvalue weighted by Crippen LogP contribution is 2.25. The molecule has 3 aromatic heterocycles. The number of aryl methyl sites for hydroxylation is 1. The Labute approximate surface area is 167 Å². The van der Waals surface area contributed by atoms with Gasteiger partial charge >= 0.3 is 0 Å². The topological polar surface area (TPSA) is 101 Å². The summed E-state index contributed by atoms with van der Waals surface area (Å²) in [6.07, 6.45) is 1.59. The SMILES string of the molecule is Cc1ccnc2nc(C(=O)Nc3ccc4nc(-c5cc(F)ccc5F)[nH]c4c3)nn12. The molecule has 5 aromatic rings. The van der Waals surface area contributed by atoms with Crippen LogP contribution in [0.15, 0.2) is 48.7 Å². The van der Waals surface area contributed by atoms with Crippen molar-refractivity contribution < 1.29 is 13.6 Å². The lowest BCUT2D eigenvalue weighted by Crippen LogP contribution is -2.14. The second-order valence-corrected chi connectivity index (χ2v) is 6.63. The largest absolute Gasteiger partial charge is 0.338 e. The number of benzene rings is 2. The summed E-state index contributed by atoms with van der Waals surface area (Å²) in [7, 11) is 0. The van der Waals surface area contributed by atoms with Crippen LogP contribution >= 0.6 is 0 Å². The van der Waals surface area contributed by atoms with Crippen LogP contribution in [0.25, 0.3) is 28.2 Å². The number of hydrogen-bond donors (Lipinski definition) is 2. The van der Waals surface area contributed by atoms with Crippen molar-refractivity contribution in [1.29, 1.82) is 0 Å². The van der Waals surface area contributed by atoms with Crippen molar-refractivity contribution in [3.05, 3.63) is 71.8 Å². The number of carbonyl (C=O) groups excluding carboxylic acids is 1. The van der Waals surface area contributed by atoms with Crippen LogP contribution in [0.3, 0.4) is 0 Å². The van der Waals surface area contributed by atoms with E-state index in [9.17, 15) is 13.6 Å². The molecule has 0 bridgehead atoms. The third-order valence-electron chi connectivity index (χ3n) is 4.56. The van der Waals surface area contributed by atoms with Gasteiger partial charge in [0.25, 0.3) is 11.7 Å². The van der Waals surface area contributed by atoms with Crippen LogP contribution in [-0.2, 0) is 0 Å². The summed E-state index contributed by atoms with van der Waals surface area (Å²) in [5.41, 5.74) is 2.37. The summed E-state index contributed by atoms with van der Waals surface area (Å²) < 4.78 is 29.0. The van der Waals surface area contributed by atoms with Crippen LogP contribution < -0.4 is 5.32 Å². The molecule has 3 heterocycles. The predicted octanol–water partition coefficient (Wildman–Crippen LogP) is 3.51. The molecule has 2 N–H and O–H groups in total. The summed E-state index contributed by atoms with van der Waals surface area (Å²) in [5, 5.41) is 6.88. The monoisotopic (exact) mass is 405 g/mol. The van der Waals surface area contributed by atoms with Gasteiger partial charge in [-0.1, -0.05) is 0 Å². The van der Waals surface area contributed by atoms with Crippen LogP contribution in [0.2, 0.25) is 0 Å². The van der Waals surface area contributed by atoms with E-state index in [2.05, 4.69) is 30.4 Å². The molecule has 0 fully saturated rings. The number of fused-ring (bicyclic) bond motifs is 2. The van der Waals surface area contributed by atoms with E-state index >= 15 is 0 Å². The second kappa shape index (κ2) is 6.69. The maximum absolute atomic E-state index is 14.0. The van der Waals surface area contributed by atoms with Crippen molar-refractivity contribution in [3.63, 3.8) is 0 Å². The van der Waals surface area contributed by atoms with Gasteiger partial charge in [0.1, 0.15) is 17.5 Å². The van der Waals surface area contributed by atoms with Gasteiger partial charge in [0, 0.05) is 17.6 Å². The number of amides is 1. The summed E-state index contributed by atoms with van der Waals surface area (Å²) in [6, 6.07) is 9.86. The molecule has 0 atom stereocenters. The zero-order valence-electron chi connectivity index (χ0n) is 15.5. The van der Waals surface area contributed by atoms with Crippen molar-refractivity contribution in [1.82, 2.24) is 29.5 Å². The molecule has 0 radical (unpaired) electrons. The van der Waals surface area contributed by atoms with Gasteiger partial charge < -0.3 is 10.3 Å². The molecule has 0 aliphatic rings. The summed E-state index contributed by atoms with van der Waals surface area (Å²) in [6.45, 7) is 1.83. The van der Waals surface area contributed by atoms with E-state index in [1.807, 2.05) is 6.92 Å². The highest BCUT2D eigenvalue weighted by atomic mass is 19.1. The fourth-order valence-corrected chi connectivity index (χ4v) is 3.08. The van der Waals surface area contributed by atoms with Crippen LogP contribution in [0.4, 0.5) is 14.5 Å². The molecule has 0 aliphatic heterocycles. The quantitative estimate of drug-likeness (QED) is 0.478. The summed E-state index contributed by atoms with van der Waals surface area (Å²) in [4.78, 5) is 28.0. The molecular weight excluding hydrogens is 392 g/mol. The highest BCUT2D eigenvalue weighted by Gasteiger charge is 2.16. The summed E-state index contributed by atoms with van der Waals surface area (Å²) >= 11 is 0. The Morgan fingerprint density at radius 1 is 1.10 bits per heavy atom. The molecule has 0 saturated heterocycles. The first-order valence-corrected chi connectivity index (χ1v) is 8.93. The average Bonchev–Trinajstić information content (AvgIpc) is 3.34. The number of H-pyrrole nitrogens is 1. The molecule has 1 amide bonds. The molecule has 0 spiro atoms. The molecule has 8 nitrogen and oxygen atoms in total. The Kier molecular flexibility index (Phi) is 3.98. The molecular formula is C20H13F2N7O. The Hall–Kier alpha value is -4.21. The van der Waals surface area contributed by atoms with Crippen molar-refractivity contribution in [3.8, 4) is 11.4 Å². The van der Waals surface area contributed by atoms with Gasteiger partial charge in [0.05, 0.1) is 16.6 Å². The number of imidazole rings is 1. The first-order chi connectivity index (χ1) is 14.5. The van der Waals surface area contributed by atoms with E-state index in [0.717, 1.165) is 23.9 Å². The van der Waals surface area contributed by atoms with Crippen molar-refractivity contribution in [2.45, 2.75) is 6.92 Å². The standard InChI is InChI=1S/C20H13F2N7O/c1-10-6-7-23-20-27-18(28-29(10)20)19(30)24-12-3-5-15-16(9-12)26-17(25-15)13-8-11(21)2-4-14(13)22/h2-9H,1H3,(H,24,30)(H,25,26). The van der Waals surface area contributed by atoms with E-state index in [-0.39, 0.29) is 17.2 Å². The van der Waals surface area contributed by atoms with E-state index in [4.69, 9.17) is 0 Å². The minimum Gasteiger partial charge on any atom is -0.338 e. The number of rotatable bonds is 3. The molecule has 148 valence electrons. The predicted molar refractivity (Wildman–Crippen MR) is 105 cm³/mol. The van der Waals surface area contributed by atoms with Gasteiger partial charge in [0.2, 0.25) is 5.82 Å². The van der Waals surface area contributed by atoms with Gasteiger partial charge in [-0.3, -0.25) is 4.79 Å². The van der Waals surface area contributed by atoms with Crippen molar-refractivity contribution in [2.24, 2.45) is 0 Å². The van der Waals surface area contributed by atoms with E-state index in [1.54, 1.807) is 30.5 Å². The van der Waals surface area contributed by atoms with E-state index in [0.29, 0.717) is 22.5 Å². The third-order valence-corrected chi connectivity index (χ3v) is 4.56. The fourth-order valence-electron chi connectivity index (χ4n) is 3.08. The van der Waals surface area contributed by atoms with Gasteiger partial charge in [0.15, 0.2) is 0 Å². The Bertz CT molecular complexity index is 1440. The minimum absolute atomic E-state index is 0.0218. The number of aromatic nitrogens is 6. The molecule has 30 heavy (non-hydrogen) atoms. The first-order valence-electron chi connectivity index (χ1n) is 8.93. The Morgan fingerprint density at radius 3 is 2.80 bits per heavy atom. The molecule has 10 heteroatoms. The molecule has 0 unspecified atom stereocenters. The highest BCUT2D eigenvalue weighted by molar-refractivity contribution is 6.02. The van der Waals surface area contributed by atoms with Gasteiger partial charge in [-0.2, -0.15) is 4.98 Å². The lowest BCUT2D eigenvalue weighted by atomic mass is 10.2. The minimum atomic E-state index is -0.592. The first kappa shape index (κ1) is 17.9. The fraction of sp³-hybridized carbons (Fsp3) is 0.0500. The molecule has 0 aliphatic carbocycles. The van der Waals surface area contributed by atoms with Crippen LogP contribution in [-0.4, -0.2) is 35.5 Å². The average molecular weight is 405 g/mol. The van der Waals surface area contributed by atoms with Gasteiger partial charge in [-0.05, 0) is 49.4 Å². The number of halogens is 2. The van der Waals surface area contributed by atoms with Crippen LogP contribution in [0.1, 0.15) is 16.3 Å². The van der Waals surface area contributed by atoms with E-state index in [1.165, 1.54) is 4.52 Å². The van der Waals surface area contributed by atoms with Gasteiger partial charge in [-0.25, -0.2) is 23.3 Å². The maximum atomic E-state index is 14.0. The normalized spacial score (nSPS) is 11.3. The number of anilines is 1. The third kappa shape index (κ3) is 3.04. The van der Waals surface area contributed by atoms with Gasteiger partial charge in [-0.15, -0.1) is 5.10 Å². The van der Waals surface area contributed by atoms with Crippen LogP contribution in [0, 0.1) is 18.6 Å². The van der Waals surface area contributed by atoms with Crippen LogP contribution in [0.5, 0.6) is 0 Å². The molecule has 5 rings (SSSR count). The number of nitrogens with one attached hydrogen (secondary N) is 2. The van der Waals surface area contributed by atoms with Crippen molar-refractivity contribution in [2.75, 3.05) is 5.32 Å². The number of hydrogen-bond acceptors (Lipinski definition) is 5. The summed E-state index contributed by atoms with van der Waals surface area (Å²) in [5.74, 6) is -1.17.